The van der Waals surface area contributed by atoms with Crippen LogP contribution in [-0.2, 0) is 16.1 Å². The van der Waals surface area contributed by atoms with Crippen molar-refractivity contribution in [3.05, 3.63) is 39.8 Å². The molecule has 4 rings (SSSR count). The monoisotopic (exact) mass is 373 g/mol. The lowest BCUT2D eigenvalue weighted by molar-refractivity contribution is -0.142. The summed E-state index contributed by atoms with van der Waals surface area (Å²) in [5, 5.41) is 1.06. The second-order valence-corrected chi connectivity index (χ2v) is 7.93. The van der Waals surface area contributed by atoms with Crippen molar-refractivity contribution in [1.82, 2.24) is 9.88 Å². The van der Waals surface area contributed by atoms with E-state index in [1.54, 1.807) is 11.3 Å². The van der Waals surface area contributed by atoms with Gasteiger partial charge in [-0.3, -0.25) is 4.79 Å². The zero-order valence-electron chi connectivity index (χ0n) is 15.1. The van der Waals surface area contributed by atoms with Gasteiger partial charge in [-0.15, -0.1) is 11.3 Å². The molecule has 1 aromatic carbocycles. The number of nitrogens with zero attached hydrogens (tertiary/aromatic N) is 3. The molecule has 2 aromatic rings. The molecule has 0 radical (unpaired) electrons. The van der Waals surface area contributed by atoms with Crippen molar-refractivity contribution in [3.8, 4) is 5.75 Å². The van der Waals surface area contributed by atoms with Gasteiger partial charge in [0, 0.05) is 18.0 Å². The second kappa shape index (κ2) is 7.25. The first-order valence-electron chi connectivity index (χ1n) is 8.92. The molecule has 1 amide bonds. The molecule has 3 heterocycles. The molecule has 1 fully saturated rings. The van der Waals surface area contributed by atoms with E-state index in [1.807, 2.05) is 36.1 Å². The van der Waals surface area contributed by atoms with Gasteiger partial charge < -0.3 is 19.3 Å². The number of aromatic nitrogens is 1. The summed E-state index contributed by atoms with van der Waals surface area (Å²) in [6, 6.07) is 7.91. The molecular formula is C19H23N3O3S. The van der Waals surface area contributed by atoms with Gasteiger partial charge >= 0.3 is 0 Å². The molecule has 0 N–H and O–H groups in total. The van der Waals surface area contributed by atoms with E-state index in [1.165, 1.54) is 4.88 Å². The molecule has 138 valence electrons. The molecule has 1 saturated heterocycles. The van der Waals surface area contributed by atoms with Crippen LogP contribution >= 0.6 is 11.3 Å². The van der Waals surface area contributed by atoms with Crippen molar-refractivity contribution in [2.24, 2.45) is 0 Å². The van der Waals surface area contributed by atoms with Crippen LogP contribution in [0.15, 0.2) is 24.3 Å². The summed E-state index contributed by atoms with van der Waals surface area (Å²) < 4.78 is 11.4. The molecule has 0 spiro atoms. The minimum absolute atomic E-state index is 0.0410. The number of carbonyl (C=O) groups is 1. The zero-order chi connectivity index (χ0) is 18.1. The molecule has 6 nitrogen and oxygen atoms in total. The lowest BCUT2D eigenvalue weighted by Crippen LogP contribution is -2.52. The normalized spacial score (nSPS) is 19.8. The Morgan fingerprint density at radius 1 is 1.27 bits per heavy atom. The van der Waals surface area contributed by atoms with Crippen LogP contribution in [0.4, 0.5) is 5.69 Å². The van der Waals surface area contributed by atoms with E-state index in [9.17, 15) is 4.79 Å². The summed E-state index contributed by atoms with van der Waals surface area (Å²) >= 11 is 1.71. The maximum absolute atomic E-state index is 12.9. The van der Waals surface area contributed by atoms with Gasteiger partial charge in [0.2, 0.25) is 0 Å². The van der Waals surface area contributed by atoms with Crippen LogP contribution in [0.25, 0.3) is 0 Å². The number of hydrogen-bond acceptors (Lipinski definition) is 6. The minimum Gasteiger partial charge on any atom is -0.477 e. The molecular weight excluding hydrogens is 350 g/mol. The molecule has 2 aliphatic rings. The quantitative estimate of drug-likeness (QED) is 0.827. The predicted octanol–water partition coefficient (Wildman–Crippen LogP) is 2.39. The van der Waals surface area contributed by atoms with Crippen LogP contribution in [0.1, 0.15) is 15.6 Å². The molecule has 1 aromatic heterocycles. The van der Waals surface area contributed by atoms with Crippen LogP contribution in [0.5, 0.6) is 5.75 Å². The summed E-state index contributed by atoms with van der Waals surface area (Å²) in [5.74, 6) is 0.801. The van der Waals surface area contributed by atoms with Gasteiger partial charge in [-0.1, -0.05) is 12.1 Å². The van der Waals surface area contributed by atoms with Crippen LogP contribution in [0.2, 0.25) is 0 Å². The Labute approximate surface area is 157 Å². The van der Waals surface area contributed by atoms with E-state index < -0.39 is 6.10 Å². The van der Waals surface area contributed by atoms with Gasteiger partial charge in [-0.2, -0.15) is 0 Å². The fourth-order valence-corrected chi connectivity index (χ4v) is 4.29. The third-order valence-electron chi connectivity index (χ3n) is 4.86. The third kappa shape index (κ3) is 3.41. The van der Waals surface area contributed by atoms with Crippen molar-refractivity contribution in [2.75, 3.05) is 37.7 Å². The Kier molecular flexibility index (Phi) is 4.82. The van der Waals surface area contributed by atoms with Crippen LogP contribution in [-0.4, -0.2) is 54.7 Å². The number of thiazole rings is 1. The van der Waals surface area contributed by atoms with E-state index >= 15 is 0 Å². The lowest BCUT2D eigenvalue weighted by atomic mass is 10.1. The van der Waals surface area contributed by atoms with Gasteiger partial charge in [0.05, 0.1) is 37.7 Å². The SMILES string of the molecule is Cc1nc(CN2CC(C(=O)N3CCOCC3)Oc3ccccc32)sc1C. The molecule has 26 heavy (non-hydrogen) atoms. The van der Waals surface area contributed by atoms with Crippen molar-refractivity contribution >= 4 is 22.9 Å². The number of carbonyl (C=O) groups excluding carboxylic acids is 1. The highest BCUT2D eigenvalue weighted by Crippen LogP contribution is 2.35. The zero-order valence-corrected chi connectivity index (χ0v) is 15.9. The highest BCUT2D eigenvalue weighted by Gasteiger charge is 2.34. The number of amides is 1. The van der Waals surface area contributed by atoms with Crippen molar-refractivity contribution < 1.29 is 14.3 Å². The van der Waals surface area contributed by atoms with Crippen LogP contribution in [0.3, 0.4) is 0 Å². The first-order valence-corrected chi connectivity index (χ1v) is 9.73. The molecule has 1 atom stereocenters. The Balaban J connectivity index is 1.57. The molecule has 0 aliphatic carbocycles. The summed E-state index contributed by atoms with van der Waals surface area (Å²) in [6.07, 6.45) is -0.495. The van der Waals surface area contributed by atoms with E-state index in [0.717, 1.165) is 22.1 Å². The highest BCUT2D eigenvalue weighted by atomic mass is 32.1. The third-order valence-corrected chi connectivity index (χ3v) is 5.92. The molecule has 2 aliphatic heterocycles. The summed E-state index contributed by atoms with van der Waals surface area (Å²) in [5.41, 5.74) is 2.09. The largest absolute Gasteiger partial charge is 0.477 e. The molecule has 0 bridgehead atoms. The first-order chi connectivity index (χ1) is 12.6. The fraction of sp³-hybridized carbons (Fsp3) is 0.474. The second-order valence-electron chi connectivity index (χ2n) is 6.64. The number of benzene rings is 1. The smallest absolute Gasteiger partial charge is 0.265 e. The summed E-state index contributed by atoms with van der Waals surface area (Å²) in [7, 11) is 0. The van der Waals surface area contributed by atoms with Gasteiger partial charge in [0.25, 0.3) is 5.91 Å². The predicted molar refractivity (Wildman–Crippen MR) is 101 cm³/mol. The minimum atomic E-state index is -0.495. The van der Waals surface area contributed by atoms with Crippen molar-refractivity contribution in [3.63, 3.8) is 0 Å². The maximum Gasteiger partial charge on any atom is 0.265 e. The Bertz CT molecular complexity index is 782. The number of rotatable bonds is 3. The van der Waals surface area contributed by atoms with E-state index in [-0.39, 0.29) is 5.91 Å². The topological polar surface area (TPSA) is 54.9 Å². The number of anilines is 1. The molecule has 1 unspecified atom stereocenters. The van der Waals surface area contributed by atoms with Gasteiger partial charge in [-0.25, -0.2) is 4.98 Å². The number of fused-ring (bicyclic) bond motifs is 1. The number of aryl methyl sites for hydroxylation is 2. The molecule has 7 heteroatoms. The van der Waals surface area contributed by atoms with Gasteiger partial charge in [0.1, 0.15) is 10.8 Å². The number of para-hydroxylation sites is 2. The Hall–Kier alpha value is -2.12. The van der Waals surface area contributed by atoms with Gasteiger partial charge in [0.15, 0.2) is 6.10 Å². The summed E-state index contributed by atoms with van der Waals surface area (Å²) in [4.78, 5) is 22.9. The maximum atomic E-state index is 12.9. The average Bonchev–Trinajstić information content (AvgIpc) is 2.99. The van der Waals surface area contributed by atoms with Crippen LogP contribution < -0.4 is 9.64 Å². The summed E-state index contributed by atoms with van der Waals surface area (Å²) in [6.45, 7) is 7.79. The highest BCUT2D eigenvalue weighted by molar-refractivity contribution is 7.11. The Morgan fingerprint density at radius 2 is 2.04 bits per heavy atom. The van der Waals surface area contributed by atoms with Gasteiger partial charge in [-0.05, 0) is 26.0 Å². The number of hydrogen-bond donors (Lipinski definition) is 0. The van der Waals surface area contributed by atoms with E-state index in [2.05, 4.69) is 16.8 Å². The fourth-order valence-electron chi connectivity index (χ4n) is 3.34. The average molecular weight is 373 g/mol. The van der Waals surface area contributed by atoms with Crippen molar-refractivity contribution in [2.45, 2.75) is 26.5 Å². The van der Waals surface area contributed by atoms with E-state index in [4.69, 9.17) is 9.47 Å². The van der Waals surface area contributed by atoms with Crippen molar-refractivity contribution in [1.29, 1.82) is 0 Å². The lowest BCUT2D eigenvalue weighted by Gasteiger charge is -2.38. The van der Waals surface area contributed by atoms with Crippen LogP contribution in [0, 0.1) is 13.8 Å². The number of morpholine rings is 1. The first kappa shape index (κ1) is 17.3. The molecule has 0 saturated carbocycles. The number of ether oxygens (including phenoxy) is 2. The standard InChI is InChI=1S/C19H23N3O3S/c1-13-14(2)26-18(20-13)12-22-11-17(19(23)21-7-9-24-10-8-21)25-16-6-4-3-5-15(16)22/h3-6,17H,7-12H2,1-2H3. The Morgan fingerprint density at radius 3 is 2.77 bits per heavy atom. The van der Waals surface area contributed by atoms with E-state index in [0.29, 0.717) is 39.4 Å².